The normalized spacial score (nSPS) is 13.9. The van der Waals surface area contributed by atoms with E-state index in [1.165, 1.54) is 0 Å². The lowest BCUT2D eigenvalue weighted by atomic mass is 9.73. The van der Waals surface area contributed by atoms with Gasteiger partial charge in [0.05, 0.1) is 10.2 Å². The van der Waals surface area contributed by atoms with Crippen LogP contribution in [0.15, 0.2) is 71.1 Å². The first kappa shape index (κ1) is 25.6. The molecule has 4 aromatic rings. The van der Waals surface area contributed by atoms with E-state index in [-0.39, 0.29) is 0 Å². The van der Waals surface area contributed by atoms with E-state index in [0.717, 1.165) is 61.1 Å². The zero-order chi connectivity index (χ0) is 26.0. The standard InChI is InChI=1S/C28H26F3N3OS2/c29-28(30,31)17-33-25(35)27(21-10-4-2-8-19(21)20-9-3-5-11-22(20)27)14-6-1-7-15-36-26-34-23-13-12-18(32)16-24(23)37-26/h2-5,8-13,16H,1,6-7,14-15,17,32H2,(H,33,35). The SMILES string of the molecule is Nc1ccc2nc(SCCCCCC3(C(=O)NCC(F)(F)F)c4ccccc4-c4ccccc43)sc2c1. The van der Waals surface area contributed by atoms with Crippen molar-refractivity contribution >= 4 is 44.9 Å². The predicted molar refractivity (Wildman–Crippen MR) is 145 cm³/mol. The topological polar surface area (TPSA) is 68.0 Å². The maximum absolute atomic E-state index is 13.5. The summed E-state index contributed by atoms with van der Waals surface area (Å²) >= 11 is 3.31. The summed E-state index contributed by atoms with van der Waals surface area (Å²) in [6.45, 7) is -1.34. The van der Waals surface area contributed by atoms with E-state index in [0.29, 0.717) is 12.8 Å². The number of carbonyl (C=O) groups is 1. The minimum atomic E-state index is -4.47. The van der Waals surface area contributed by atoms with E-state index in [1.807, 2.05) is 66.7 Å². The molecule has 3 aromatic carbocycles. The van der Waals surface area contributed by atoms with Crippen molar-refractivity contribution in [3.63, 3.8) is 0 Å². The number of rotatable bonds is 9. The molecule has 0 fully saturated rings. The first-order valence-electron chi connectivity index (χ1n) is 12.1. The van der Waals surface area contributed by atoms with Crippen LogP contribution < -0.4 is 11.1 Å². The number of thiazole rings is 1. The molecule has 9 heteroatoms. The Balaban J connectivity index is 1.29. The second-order valence-electron chi connectivity index (χ2n) is 9.16. The number of hydrogen-bond acceptors (Lipinski definition) is 5. The molecule has 0 aliphatic heterocycles. The third-order valence-electron chi connectivity index (χ3n) is 6.72. The number of amides is 1. The highest BCUT2D eigenvalue weighted by Gasteiger charge is 2.49. The lowest BCUT2D eigenvalue weighted by Gasteiger charge is -2.31. The van der Waals surface area contributed by atoms with Gasteiger partial charge in [0, 0.05) is 11.4 Å². The molecule has 0 saturated carbocycles. The van der Waals surface area contributed by atoms with E-state index >= 15 is 0 Å². The van der Waals surface area contributed by atoms with Gasteiger partial charge in [-0.15, -0.1) is 11.3 Å². The highest BCUT2D eigenvalue weighted by molar-refractivity contribution is 8.01. The number of alkyl halides is 3. The molecule has 0 bridgehead atoms. The molecule has 37 heavy (non-hydrogen) atoms. The average Bonchev–Trinajstić information content (AvgIpc) is 3.41. The molecule has 1 aliphatic rings. The molecule has 4 nitrogen and oxygen atoms in total. The lowest BCUT2D eigenvalue weighted by Crippen LogP contribution is -2.47. The minimum absolute atomic E-state index is 0.440. The molecular weight excluding hydrogens is 515 g/mol. The number of nitrogens with one attached hydrogen (secondary N) is 1. The first-order valence-corrected chi connectivity index (χ1v) is 13.9. The Hall–Kier alpha value is -3.04. The van der Waals surface area contributed by atoms with Crippen LogP contribution in [0.4, 0.5) is 18.9 Å². The summed E-state index contributed by atoms with van der Waals surface area (Å²) in [5, 5.41) is 2.19. The van der Waals surface area contributed by atoms with Crippen molar-refractivity contribution in [1.82, 2.24) is 10.3 Å². The molecule has 1 aliphatic carbocycles. The Bertz CT molecular complexity index is 1390. The third kappa shape index (κ3) is 5.20. The number of anilines is 1. The number of nitrogens with zero attached hydrogens (tertiary/aromatic N) is 1. The lowest BCUT2D eigenvalue weighted by molar-refractivity contribution is -0.141. The van der Waals surface area contributed by atoms with Gasteiger partial charge in [-0.25, -0.2) is 4.98 Å². The van der Waals surface area contributed by atoms with Crippen LogP contribution in [0, 0.1) is 0 Å². The third-order valence-corrected chi connectivity index (χ3v) is 8.96. The van der Waals surface area contributed by atoms with Crippen LogP contribution in [0.2, 0.25) is 0 Å². The minimum Gasteiger partial charge on any atom is -0.399 e. The fraction of sp³-hybridized carbons (Fsp3) is 0.286. The number of aromatic nitrogens is 1. The van der Waals surface area contributed by atoms with Gasteiger partial charge in [0.25, 0.3) is 0 Å². The maximum atomic E-state index is 13.5. The van der Waals surface area contributed by atoms with Crippen molar-refractivity contribution in [2.24, 2.45) is 0 Å². The molecule has 1 aromatic heterocycles. The van der Waals surface area contributed by atoms with Crippen molar-refractivity contribution in [3.05, 3.63) is 77.9 Å². The summed E-state index contributed by atoms with van der Waals surface area (Å²) in [5.74, 6) is 0.279. The van der Waals surface area contributed by atoms with Gasteiger partial charge in [-0.1, -0.05) is 73.1 Å². The molecule has 192 valence electrons. The molecule has 0 spiro atoms. The highest BCUT2D eigenvalue weighted by atomic mass is 32.2. The number of halogens is 3. The zero-order valence-electron chi connectivity index (χ0n) is 20.0. The van der Waals surface area contributed by atoms with Gasteiger partial charge >= 0.3 is 6.18 Å². The van der Waals surface area contributed by atoms with Crippen LogP contribution >= 0.6 is 23.1 Å². The second-order valence-corrected chi connectivity index (χ2v) is 11.5. The number of hydrogen-bond donors (Lipinski definition) is 2. The van der Waals surface area contributed by atoms with E-state index in [9.17, 15) is 18.0 Å². The summed E-state index contributed by atoms with van der Waals surface area (Å²) in [4.78, 5) is 18.2. The van der Waals surface area contributed by atoms with Crippen molar-refractivity contribution < 1.29 is 18.0 Å². The van der Waals surface area contributed by atoms with Gasteiger partial charge in [-0.2, -0.15) is 13.2 Å². The fourth-order valence-corrected chi connectivity index (χ4v) is 7.28. The second kappa shape index (κ2) is 10.4. The molecule has 0 unspecified atom stereocenters. The number of thioether (sulfide) groups is 1. The fourth-order valence-electron chi connectivity index (χ4n) is 5.09. The molecule has 0 radical (unpaired) electrons. The van der Waals surface area contributed by atoms with Crippen molar-refractivity contribution in [2.75, 3.05) is 18.0 Å². The molecule has 5 rings (SSSR count). The number of fused-ring (bicyclic) bond motifs is 4. The summed E-state index contributed by atoms with van der Waals surface area (Å²) < 4.78 is 41.1. The number of nitrogen functional groups attached to an aromatic ring is 1. The zero-order valence-corrected chi connectivity index (χ0v) is 21.6. The van der Waals surface area contributed by atoms with Gasteiger partial charge in [-0.05, 0) is 53.3 Å². The quantitative estimate of drug-likeness (QED) is 0.134. The van der Waals surface area contributed by atoms with E-state index in [1.54, 1.807) is 23.1 Å². The Kier molecular flexibility index (Phi) is 7.18. The molecule has 1 heterocycles. The molecular formula is C28H26F3N3OS2. The molecule has 1 amide bonds. The van der Waals surface area contributed by atoms with Gasteiger partial charge in [0.1, 0.15) is 12.0 Å². The van der Waals surface area contributed by atoms with Crippen LogP contribution in [-0.4, -0.2) is 29.4 Å². The predicted octanol–water partition coefficient (Wildman–Crippen LogP) is 7.18. The van der Waals surface area contributed by atoms with E-state index < -0.39 is 24.0 Å². The summed E-state index contributed by atoms with van der Waals surface area (Å²) in [5.41, 5.74) is 9.75. The van der Waals surface area contributed by atoms with Gasteiger partial charge in [0.15, 0.2) is 4.34 Å². The van der Waals surface area contributed by atoms with Crippen LogP contribution in [0.5, 0.6) is 0 Å². The number of unbranched alkanes of at least 4 members (excludes halogenated alkanes) is 2. The van der Waals surface area contributed by atoms with Crippen LogP contribution in [0.25, 0.3) is 21.3 Å². The first-order chi connectivity index (χ1) is 17.8. The number of nitrogens with two attached hydrogens (primary N) is 1. The summed E-state index contributed by atoms with van der Waals surface area (Å²) in [6, 6.07) is 20.8. The Morgan fingerprint density at radius 2 is 1.65 bits per heavy atom. The largest absolute Gasteiger partial charge is 0.405 e. The number of carbonyl (C=O) groups excluding carboxylic acids is 1. The van der Waals surface area contributed by atoms with Crippen LogP contribution in [0.1, 0.15) is 36.8 Å². The van der Waals surface area contributed by atoms with Crippen molar-refractivity contribution in [1.29, 1.82) is 0 Å². The molecule has 3 N–H and O–H groups in total. The average molecular weight is 542 g/mol. The van der Waals surface area contributed by atoms with Crippen LogP contribution in [-0.2, 0) is 10.2 Å². The van der Waals surface area contributed by atoms with Crippen molar-refractivity contribution in [2.45, 2.75) is 41.6 Å². The van der Waals surface area contributed by atoms with Gasteiger partial charge in [0.2, 0.25) is 5.91 Å². The smallest absolute Gasteiger partial charge is 0.399 e. The van der Waals surface area contributed by atoms with Gasteiger partial charge in [-0.3, -0.25) is 4.79 Å². The number of benzene rings is 3. The van der Waals surface area contributed by atoms with Crippen molar-refractivity contribution in [3.8, 4) is 11.1 Å². The Morgan fingerprint density at radius 1 is 0.973 bits per heavy atom. The van der Waals surface area contributed by atoms with E-state index in [2.05, 4.69) is 10.3 Å². The highest BCUT2D eigenvalue weighted by Crippen LogP contribution is 2.51. The van der Waals surface area contributed by atoms with E-state index in [4.69, 9.17) is 5.73 Å². The Morgan fingerprint density at radius 3 is 2.32 bits per heavy atom. The Labute approximate surface area is 221 Å². The molecule has 0 atom stereocenters. The van der Waals surface area contributed by atoms with Crippen LogP contribution in [0.3, 0.4) is 0 Å². The monoisotopic (exact) mass is 541 g/mol. The summed E-state index contributed by atoms with van der Waals surface area (Å²) in [7, 11) is 0. The molecule has 0 saturated heterocycles. The van der Waals surface area contributed by atoms with Gasteiger partial charge < -0.3 is 11.1 Å². The summed E-state index contributed by atoms with van der Waals surface area (Å²) in [6.07, 6.45) is -1.57. The maximum Gasteiger partial charge on any atom is 0.405 e.